The molecular weight excluding hydrogens is 1180 g/mol. The van der Waals surface area contributed by atoms with Crippen molar-refractivity contribution in [2.24, 2.45) is 0 Å². The van der Waals surface area contributed by atoms with Gasteiger partial charge in [-0.05, 0) is 13.8 Å². The van der Waals surface area contributed by atoms with Crippen LogP contribution in [0.1, 0.15) is 36.4 Å². The third kappa shape index (κ3) is 18.3. The van der Waals surface area contributed by atoms with Crippen molar-refractivity contribution in [3.63, 3.8) is 0 Å². The summed E-state index contributed by atoms with van der Waals surface area (Å²) in [6.45, 7) is 1.18. The molecule has 2 unspecified atom stereocenters. The number of aromatic amines is 2. The maximum absolute atomic E-state index is 11.8. The van der Waals surface area contributed by atoms with Crippen molar-refractivity contribution in [2.45, 2.75) is 63.6 Å². The summed E-state index contributed by atoms with van der Waals surface area (Å²) in [4.78, 5) is 114. The summed E-state index contributed by atoms with van der Waals surface area (Å²) in [7, 11) is -22.6. The van der Waals surface area contributed by atoms with E-state index in [0.29, 0.717) is 0 Å². The fourth-order valence-electron chi connectivity index (χ4n) is 4.29. The summed E-state index contributed by atoms with van der Waals surface area (Å²) in [5, 5.41) is 19.7. The van der Waals surface area contributed by atoms with Crippen LogP contribution in [-0.2, 0) is 45.4 Å². The van der Waals surface area contributed by atoms with Gasteiger partial charge in [-0.1, -0.05) is 0 Å². The van der Waals surface area contributed by atoms with E-state index < -0.39 is 104 Å². The molecule has 284 valence electrons. The quantitative estimate of drug-likeness (QED) is 0.113. The van der Waals surface area contributed by atoms with Crippen LogP contribution in [-0.4, -0.2) is 214 Å². The molecule has 2 aliphatic rings. The Labute approximate surface area is 417 Å². The van der Waals surface area contributed by atoms with Gasteiger partial charge >= 0.3 is 158 Å². The van der Waals surface area contributed by atoms with Crippen molar-refractivity contribution < 1.29 is 85.0 Å². The summed E-state index contributed by atoms with van der Waals surface area (Å²) >= 11 is 0. The van der Waals surface area contributed by atoms with Gasteiger partial charge in [0.1, 0.15) is 24.7 Å². The van der Waals surface area contributed by atoms with Gasteiger partial charge < -0.3 is 67.2 Å². The van der Waals surface area contributed by atoms with E-state index in [1.54, 1.807) is 0 Å². The van der Waals surface area contributed by atoms with E-state index in [2.05, 4.69) is 17.7 Å². The smallest absolute Gasteiger partial charge is 0.790 e. The number of phosphoric acid groups is 4. The van der Waals surface area contributed by atoms with Gasteiger partial charge in [-0.2, -0.15) is 0 Å². The minimum atomic E-state index is -5.82. The Kier molecular flexibility index (Phi) is 23.9. The van der Waals surface area contributed by atoms with Gasteiger partial charge in [-0.3, -0.25) is 46.4 Å². The second kappa shape index (κ2) is 22.9. The SMILES string of the molecule is Cc1cn([C@H]2C[C@H](O)[C@@H](COP(=O)([O-])OP(=O)([O-])[O-])O2)c(=O)[nH]c1=O.Cc1cn([C@H]2C[C@H](O)[C@@H](COP(=O)([O-])OP(=O)([O-])[O-])O2)c(=O)[nH]c1=O.[Ba+2].[Ba+2].[Ba+2]. The molecule has 0 aliphatic carbocycles. The number of hydrogen-bond donors (Lipinski definition) is 4. The van der Waals surface area contributed by atoms with Gasteiger partial charge in [-0.15, -0.1) is 0 Å². The molecule has 4 rings (SSSR count). The maximum Gasteiger partial charge on any atom is 2.00 e. The zero-order valence-corrected chi connectivity index (χ0v) is 44.2. The van der Waals surface area contributed by atoms with Crippen LogP contribution in [0.4, 0.5) is 0 Å². The number of aliphatic hydroxyl groups is 2. The first kappa shape index (κ1) is 55.4. The zero-order chi connectivity index (χ0) is 38.0. The molecule has 0 bridgehead atoms. The van der Waals surface area contributed by atoms with E-state index in [9.17, 15) is 77.0 Å². The van der Waals surface area contributed by atoms with Crippen LogP contribution in [0.2, 0.25) is 0 Å². The molecule has 0 spiro atoms. The standard InChI is InChI=1S/2C10H16N2O11P2.3Ba/c2*1-5-3-12(10(15)11-9(5)14)8-2-6(13)7(22-8)4-21-25(19,20)23-24(16,17)18;;;/h2*3,6-8,13H,2,4H2,1H3,(H,19,20)(H,11,14,15)(H2,16,17,18);;;/q;;3*+2/p-6/t2*6-,7+,8+;;;/m00.../s1. The number of ether oxygens (including phenoxy) is 2. The molecule has 2 aromatic heterocycles. The number of nitrogens with one attached hydrogen (secondary N) is 2. The molecule has 0 aromatic carbocycles. The van der Waals surface area contributed by atoms with Gasteiger partial charge in [0.05, 0.1) is 41.1 Å². The molecule has 0 amide bonds. The molecule has 0 radical (unpaired) electrons. The van der Waals surface area contributed by atoms with E-state index >= 15 is 0 Å². The van der Waals surface area contributed by atoms with Gasteiger partial charge in [0.25, 0.3) is 26.8 Å². The van der Waals surface area contributed by atoms with Gasteiger partial charge in [0, 0.05) is 36.4 Å². The van der Waals surface area contributed by atoms with Crippen molar-refractivity contribution >= 4 is 178 Å². The number of nitrogens with zero attached hydrogens (tertiary/aromatic N) is 2. The van der Waals surface area contributed by atoms with Crippen molar-refractivity contribution in [1.82, 2.24) is 19.1 Å². The first-order valence-electron chi connectivity index (χ1n) is 13.4. The van der Waals surface area contributed by atoms with Gasteiger partial charge in [0.2, 0.25) is 0 Å². The Morgan fingerprint density at radius 3 is 1.26 bits per heavy atom. The topological polar surface area (TPSA) is 412 Å². The average molecular weight is 1210 g/mol. The minimum absolute atomic E-state index is 0. The van der Waals surface area contributed by atoms with Crippen molar-refractivity contribution in [2.75, 3.05) is 13.2 Å². The van der Waals surface area contributed by atoms with Crippen molar-refractivity contribution in [1.29, 1.82) is 0 Å². The largest absolute Gasteiger partial charge is 2.00 e. The van der Waals surface area contributed by atoms with Crippen LogP contribution in [0.15, 0.2) is 31.6 Å². The predicted octanol–water partition coefficient (Wildman–Crippen LogP) is -7.49. The molecular formula is C20H26Ba3N4O22P4. The number of aromatic nitrogens is 4. The first-order valence-corrected chi connectivity index (χ1v) is 19.3. The number of aliphatic hydroxyl groups excluding tert-OH is 2. The summed E-state index contributed by atoms with van der Waals surface area (Å²) in [5.41, 5.74) is -2.38. The fraction of sp³-hybridized carbons (Fsp3) is 0.600. The van der Waals surface area contributed by atoms with E-state index in [-0.39, 0.29) is 171 Å². The van der Waals surface area contributed by atoms with Crippen LogP contribution in [0, 0.1) is 13.8 Å². The minimum Gasteiger partial charge on any atom is -0.790 e. The monoisotopic (exact) mass is 1210 g/mol. The normalized spacial score (nSPS) is 25.0. The molecule has 53 heavy (non-hydrogen) atoms. The molecule has 2 saturated heterocycles. The van der Waals surface area contributed by atoms with Crippen LogP contribution in [0.3, 0.4) is 0 Å². The molecule has 0 saturated carbocycles. The number of rotatable bonds is 12. The van der Waals surface area contributed by atoms with E-state index in [1.165, 1.54) is 26.2 Å². The molecule has 2 aromatic rings. The molecule has 33 heteroatoms. The number of H-pyrrole nitrogens is 2. The van der Waals surface area contributed by atoms with E-state index in [0.717, 1.165) is 9.13 Å². The second-order valence-electron chi connectivity index (χ2n) is 10.4. The Hall–Kier alpha value is 2.43. The average Bonchev–Trinajstić information content (AvgIpc) is 3.49. The van der Waals surface area contributed by atoms with Gasteiger partial charge in [0.15, 0.2) is 0 Å². The number of phosphoric ester groups is 2. The summed E-state index contributed by atoms with van der Waals surface area (Å²) in [6.07, 6.45) is -4.96. The number of aryl methyl sites for hydroxylation is 2. The molecule has 8 atom stereocenters. The number of hydrogen-bond acceptors (Lipinski definition) is 22. The van der Waals surface area contributed by atoms with Crippen molar-refractivity contribution in [3.8, 4) is 0 Å². The third-order valence-corrected chi connectivity index (χ3v) is 10.6. The zero-order valence-electron chi connectivity index (χ0n) is 27.3. The van der Waals surface area contributed by atoms with Crippen LogP contribution < -0.4 is 51.9 Å². The van der Waals surface area contributed by atoms with Crippen LogP contribution in [0.5, 0.6) is 0 Å². The third-order valence-electron chi connectivity index (χ3n) is 6.51. The van der Waals surface area contributed by atoms with Crippen molar-refractivity contribution in [3.05, 3.63) is 65.2 Å². The summed E-state index contributed by atoms with van der Waals surface area (Å²) in [6, 6.07) is 0. The Morgan fingerprint density at radius 2 is 0.981 bits per heavy atom. The van der Waals surface area contributed by atoms with Crippen LogP contribution >= 0.6 is 31.3 Å². The summed E-state index contributed by atoms with van der Waals surface area (Å²) < 4.78 is 70.4. The van der Waals surface area contributed by atoms with Gasteiger partial charge in [-0.25, -0.2) is 9.59 Å². The second-order valence-corrected chi connectivity index (χ2v) is 15.8. The van der Waals surface area contributed by atoms with E-state index in [4.69, 9.17) is 9.47 Å². The molecule has 2 fully saturated rings. The molecule has 26 nitrogen and oxygen atoms in total. The maximum atomic E-state index is 11.8. The predicted molar refractivity (Wildman–Crippen MR) is 163 cm³/mol. The molecule has 2 aliphatic heterocycles. The Balaban J connectivity index is 0.000000966. The molecule has 4 N–H and O–H groups in total. The fourth-order valence-corrected chi connectivity index (χ4v) is 7.29. The first-order chi connectivity index (χ1) is 22.8. The Morgan fingerprint density at radius 1 is 0.679 bits per heavy atom. The van der Waals surface area contributed by atoms with E-state index in [1.807, 2.05) is 9.97 Å². The Bertz CT molecular complexity index is 1840. The molecule has 4 heterocycles. The summed E-state index contributed by atoms with van der Waals surface area (Å²) in [5.74, 6) is 0. The van der Waals surface area contributed by atoms with Crippen LogP contribution in [0.25, 0.3) is 0 Å².